The van der Waals surface area contributed by atoms with Crippen molar-refractivity contribution in [3.05, 3.63) is 36.0 Å². The monoisotopic (exact) mass is 246 g/mol. The minimum Gasteiger partial charge on any atom is -0.481 e. The van der Waals surface area contributed by atoms with E-state index in [4.69, 9.17) is 5.11 Å². The third kappa shape index (κ3) is 3.11. The first-order valence-corrected chi connectivity index (χ1v) is 6.17. The zero-order chi connectivity index (χ0) is 13.0. The molecular formula is C14H18N2O2. The van der Waals surface area contributed by atoms with E-state index in [0.717, 1.165) is 11.9 Å². The lowest BCUT2D eigenvalue weighted by atomic mass is 10.1. The van der Waals surface area contributed by atoms with E-state index in [0.29, 0.717) is 6.54 Å². The lowest BCUT2D eigenvalue weighted by molar-refractivity contribution is -0.136. The average Bonchev–Trinajstić information content (AvgIpc) is 2.72. The van der Waals surface area contributed by atoms with Gasteiger partial charge in [0, 0.05) is 29.7 Å². The number of hydrogen-bond acceptors (Lipinski definition) is 2. The number of fused-ring (bicyclic) bond motifs is 1. The van der Waals surface area contributed by atoms with Crippen LogP contribution in [0.25, 0.3) is 10.9 Å². The fourth-order valence-corrected chi connectivity index (χ4v) is 2.13. The van der Waals surface area contributed by atoms with Gasteiger partial charge in [0.1, 0.15) is 0 Å². The summed E-state index contributed by atoms with van der Waals surface area (Å²) < 4.78 is 0. The second-order valence-corrected chi connectivity index (χ2v) is 4.56. The molecule has 0 spiro atoms. The first kappa shape index (κ1) is 12.6. The number of aromatic amines is 1. The van der Waals surface area contributed by atoms with Crippen LogP contribution in [0.2, 0.25) is 0 Å². The van der Waals surface area contributed by atoms with Crippen molar-refractivity contribution in [3.8, 4) is 0 Å². The summed E-state index contributed by atoms with van der Waals surface area (Å²) >= 11 is 0. The third-order valence-electron chi connectivity index (χ3n) is 3.03. The standard InChI is InChI=1S/C14H18N2O2/c1-10(15-7-6-14(17)18)8-11-9-16-13-5-3-2-4-12(11)13/h2-5,9-10,15-16H,6-8H2,1H3,(H,17,18)/t10-/m1/s1. The fourth-order valence-electron chi connectivity index (χ4n) is 2.13. The van der Waals surface area contributed by atoms with E-state index in [1.165, 1.54) is 10.9 Å². The highest BCUT2D eigenvalue weighted by Crippen LogP contribution is 2.18. The van der Waals surface area contributed by atoms with E-state index in [1.54, 1.807) is 0 Å². The summed E-state index contributed by atoms with van der Waals surface area (Å²) in [5.41, 5.74) is 2.41. The van der Waals surface area contributed by atoms with Gasteiger partial charge in [0.05, 0.1) is 6.42 Å². The van der Waals surface area contributed by atoms with Gasteiger partial charge in [-0.15, -0.1) is 0 Å². The molecule has 0 radical (unpaired) electrons. The van der Waals surface area contributed by atoms with E-state index in [1.807, 2.05) is 18.3 Å². The first-order valence-electron chi connectivity index (χ1n) is 6.17. The van der Waals surface area contributed by atoms with Crippen molar-refractivity contribution in [1.82, 2.24) is 10.3 Å². The largest absolute Gasteiger partial charge is 0.481 e. The van der Waals surface area contributed by atoms with Gasteiger partial charge in [0.25, 0.3) is 0 Å². The lowest BCUT2D eigenvalue weighted by Gasteiger charge is -2.12. The van der Waals surface area contributed by atoms with Crippen LogP contribution in [0.4, 0.5) is 0 Å². The number of aromatic nitrogens is 1. The van der Waals surface area contributed by atoms with Gasteiger partial charge in [-0.1, -0.05) is 18.2 Å². The van der Waals surface area contributed by atoms with Crippen molar-refractivity contribution in [2.24, 2.45) is 0 Å². The van der Waals surface area contributed by atoms with Gasteiger partial charge in [0.2, 0.25) is 0 Å². The highest BCUT2D eigenvalue weighted by Gasteiger charge is 2.08. The fraction of sp³-hybridized carbons (Fsp3) is 0.357. The Kier molecular flexibility index (Phi) is 3.99. The molecule has 0 saturated heterocycles. The normalized spacial score (nSPS) is 12.7. The molecule has 1 atom stereocenters. The van der Waals surface area contributed by atoms with Crippen molar-refractivity contribution in [2.75, 3.05) is 6.54 Å². The minimum atomic E-state index is -0.762. The van der Waals surface area contributed by atoms with Crippen LogP contribution in [0.15, 0.2) is 30.5 Å². The third-order valence-corrected chi connectivity index (χ3v) is 3.03. The number of carbonyl (C=O) groups is 1. The molecule has 0 unspecified atom stereocenters. The lowest BCUT2D eigenvalue weighted by Crippen LogP contribution is -2.30. The number of para-hydroxylation sites is 1. The van der Waals surface area contributed by atoms with E-state index < -0.39 is 5.97 Å². The minimum absolute atomic E-state index is 0.165. The molecule has 1 aromatic heterocycles. The molecule has 18 heavy (non-hydrogen) atoms. The number of H-pyrrole nitrogens is 1. The SMILES string of the molecule is C[C@H](Cc1c[nH]c2ccccc12)NCCC(=O)O. The maximum atomic E-state index is 10.4. The average molecular weight is 246 g/mol. The van der Waals surface area contributed by atoms with Gasteiger partial charge in [-0.05, 0) is 25.0 Å². The summed E-state index contributed by atoms with van der Waals surface area (Å²) in [5, 5.41) is 13.0. The van der Waals surface area contributed by atoms with E-state index in [9.17, 15) is 4.79 Å². The molecule has 96 valence electrons. The van der Waals surface area contributed by atoms with Crippen molar-refractivity contribution >= 4 is 16.9 Å². The molecule has 0 aliphatic rings. The first-order chi connectivity index (χ1) is 8.66. The summed E-state index contributed by atoms with van der Waals surface area (Å²) in [7, 11) is 0. The Morgan fingerprint density at radius 3 is 3.00 bits per heavy atom. The van der Waals surface area contributed by atoms with E-state index in [2.05, 4.69) is 29.4 Å². The van der Waals surface area contributed by atoms with Crippen molar-refractivity contribution in [1.29, 1.82) is 0 Å². The maximum absolute atomic E-state index is 10.4. The van der Waals surface area contributed by atoms with Crippen LogP contribution >= 0.6 is 0 Å². The van der Waals surface area contributed by atoms with Crippen LogP contribution in [0.3, 0.4) is 0 Å². The number of rotatable bonds is 6. The molecule has 1 heterocycles. The summed E-state index contributed by atoms with van der Waals surface area (Å²) in [6.07, 6.45) is 3.09. The maximum Gasteiger partial charge on any atom is 0.304 e. The zero-order valence-corrected chi connectivity index (χ0v) is 10.4. The Bertz CT molecular complexity index is 533. The van der Waals surface area contributed by atoms with Crippen LogP contribution in [-0.4, -0.2) is 28.6 Å². The van der Waals surface area contributed by atoms with Crippen LogP contribution in [0.1, 0.15) is 18.9 Å². The van der Waals surface area contributed by atoms with E-state index >= 15 is 0 Å². The number of carboxylic acid groups (broad SMARTS) is 1. The molecular weight excluding hydrogens is 228 g/mol. The highest BCUT2D eigenvalue weighted by molar-refractivity contribution is 5.83. The number of benzene rings is 1. The van der Waals surface area contributed by atoms with Crippen LogP contribution in [0.5, 0.6) is 0 Å². The molecule has 3 N–H and O–H groups in total. The number of aliphatic carboxylic acids is 1. The topological polar surface area (TPSA) is 65.1 Å². The quantitative estimate of drug-likeness (QED) is 0.731. The van der Waals surface area contributed by atoms with Gasteiger partial charge in [-0.3, -0.25) is 4.79 Å². The van der Waals surface area contributed by atoms with Crippen LogP contribution in [-0.2, 0) is 11.2 Å². The summed E-state index contributed by atoms with van der Waals surface area (Å²) in [6.45, 7) is 2.59. The van der Waals surface area contributed by atoms with Gasteiger partial charge >= 0.3 is 5.97 Å². The Hall–Kier alpha value is -1.81. The summed E-state index contributed by atoms with van der Waals surface area (Å²) in [4.78, 5) is 13.7. The van der Waals surface area contributed by atoms with Crippen molar-refractivity contribution in [3.63, 3.8) is 0 Å². The van der Waals surface area contributed by atoms with Gasteiger partial charge in [0.15, 0.2) is 0 Å². The highest BCUT2D eigenvalue weighted by atomic mass is 16.4. The second-order valence-electron chi connectivity index (χ2n) is 4.56. The molecule has 0 fully saturated rings. The molecule has 0 amide bonds. The van der Waals surface area contributed by atoms with Gasteiger partial charge in [-0.2, -0.15) is 0 Å². The Morgan fingerprint density at radius 2 is 2.22 bits per heavy atom. The molecule has 2 rings (SSSR count). The summed E-state index contributed by atoms with van der Waals surface area (Å²) in [6, 6.07) is 8.47. The second kappa shape index (κ2) is 5.69. The summed E-state index contributed by atoms with van der Waals surface area (Å²) in [5.74, 6) is -0.762. The van der Waals surface area contributed by atoms with E-state index in [-0.39, 0.29) is 12.5 Å². The molecule has 4 heteroatoms. The van der Waals surface area contributed by atoms with Crippen molar-refractivity contribution in [2.45, 2.75) is 25.8 Å². The molecule has 0 bridgehead atoms. The van der Waals surface area contributed by atoms with Crippen LogP contribution < -0.4 is 5.32 Å². The predicted molar refractivity (Wildman–Crippen MR) is 71.7 cm³/mol. The Balaban J connectivity index is 1.94. The van der Waals surface area contributed by atoms with Crippen LogP contribution in [0, 0.1) is 0 Å². The predicted octanol–water partition coefficient (Wildman–Crippen LogP) is 2.16. The molecule has 0 saturated carbocycles. The molecule has 1 aromatic carbocycles. The zero-order valence-electron chi connectivity index (χ0n) is 10.4. The number of hydrogen-bond donors (Lipinski definition) is 3. The number of carboxylic acids is 1. The Morgan fingerprint density at radius 1 is 1.44 bits per heavy atom. The molecule has 2 aromatic rings. The Labute approximate surface area is 106 Å². The number of nitrogens with one attached hydrogen (secondary N) is 2. The van der Waals surface area contributed by atoms with Gasteiger partial charge < -0.3 is 15.4 Å². The van der Waals surface area contributed by atoms with Gasteiger partial charge in [-0.25, -0.2) is 0 Å². The molecule has 0 aliphatic carbocycles. The molecule has 4 nitrogen and oxygen atoms in total. The molecule has 0 aliphatic heterocycles. The smallest absolute Gasteiger partial charge is 0.304 e. The van der Waals surface area contributed by atoms with Crippen molar-refractivity contribution < 1.29 is 9.90 Å².